The fourth-order valence-corrected chi connectivity index (χ4v) is 2.70. The third-order valence-electron chi connectivity index (χ3n) is 2.91. The number of thiazole rings is 1. The van der Waals surface area contributed by atoms with E-state index in [0.717, 1.165) is 5.01 Å². The second kappa shape index (κ2) is 9.21. The average Bonchev–Trinajstić information content (AvgIpc) is 2.97. The van der Waals surface area contributed by atoms with Gasteiger partial charge in [-0.1, -0.05) is 0 Å². The Morgan fingerprint density at radius 3 is 2.71 bits per heavy atom. The molecule has 0 saturated carbocycles. The number of rotatable bonds is 6. The van der Waals surface area contributed by atoms with Crippen LogP contribution in [0.5, 0.6) is 5.75 Å². The molecule has 24 heavy (non-hydrogen) atoms. The van der Waals surface area contributed by atoms with Crippen molar-refractivity contribution in [3.63, 3.8) is 0 Å². The topological polar surface area (TPSA) is 106 Å². The molecule has 0 aliphatic rings. The molecule has 2 amide bonds. The van der Waals surface area contributed by atoms with Crippen LogP contribution in [0, 0.1) is 0 Å². The Balaban J connectivity index is 0.00000288. The number of amides is 2. The minimum absolute atomic E-state index is 0. The summed E-state index contributed by atoms with van der Waals surface area (Å²) in [6.07, 6.45) is 0.650. The zero-order valence-electron chi connectivity index (χ0n) is 13.3. The summed E-state index contributed by atoms with van der Waals surface area (Å²) in [6, 6.07) is 4.98. The van der Waals surface area contributed by atoms with Crippen molar-refractivity contribution >= 4 is 46.9 Å². The fraction of sp³-hybridized carbons (Fsp3) is 0.267. The van der Waals surface area contributed by atoms with Crippen molar-refractivity contribution in [2.45, 2.75) is 13.3 Å². The largest absolute Gasteiger partial charge is 0.494 e. The number of carbonyl (C=O) groups excluding carboxylic acids is 2. The van der Waals surface area contributed by atoms with Crippen LogP contribution >= 0.6 is 23.7 Å². The maximum absolute atomic E-state index is 12.2. The predicted molar refractivity (Wildman–Crippen MR) is 97.4 cm³/mol. The Hall–Kier alpha value is -2.16. The molecule has 0 bridgehead atoms. The van der Waals surface area contributed by atoms with Crippen molar-refractivity contribution in [1.82, 2.24) is 4.98 Å². The van der Waals surface area contributed by atoms with Crippen molar-refractivity contribution < 1.29 is 14.3 Å². The van der Waals surface area contributed by atoms with Gasteiger partial charge in [0.25, 0.3) is 5.91 Å². The predicted octanol–water partition coefficient (Wildman–Crippen LogP) is 2.29. The highest BCUT2D eigenvalue weighted by molar-refractivity contribution is 7.09. The lowest BCUT2D eigenvalue weighted by Gasteiger charge is -2.11. The minimum Gasteiger partial charge on any atom is -0.494 e. The third-order valence-corrected chi connectivity index (χ3v) is 3.82. The van der Waals surface area contributed by atoms with E-state index in [-0.39, 0.29) is 24.2 Å². The Morgan fingerprint density at radius 1 is 1.33 bits per heavy atom. The van der Waals surface area contributed by atoms with E-state index >= 15 is 0 Å². The number of nitrogens with one attached hydrogen (secondary N) is 2. The van der Waals surface area contributed by atoms with Crippen LogP contribution in [0.3, 0.4) is 0 Å². The number of methoxy groups -OCH3 is 1. The van der Waals surface area contributed by atoms with Gasteiger partial charge < -0.3 is 21.1 Å². The minimum atomic E-state index is -0.307. The summed E-state index contributed by atoms with van der Waals surface area (Å²) < 4.78 is 5.22. The molecule has 0 unspecified atom stereocenters. The Labute approximate surface area is 150 Å². The maximum Gasteiger partial charge on any atom is 0.275 e. The van der Waals surface area contributed by atoms with Gasteiger partial charge in [-0.3, -0.25) is 9.59 Å². The van der Waals surface area contributed by atoms with Crippen molar-refractivity contribution in [2.75, 3.05) is 24.3 Å². The summed E-state index contributed by atoms with van der Waals surface area (Å²) in [4.78, 5) is 27.6. The number of hydrogen-bond donors (Lipinski definition) is 3. The monoisotopic (exact) mass is 370 g/mol. The van der Waals surface area contributed by atoms with E-state index in [1.165, 1.54) is 25.4 Å². The molecule has 2 aromatic rings. The van der Waals surface area contributed by atoms with Crippen LogP contribution in [0.4, 0.5) is 11.4 Å². The van der Waals surface area contributed by atoms with Gasteiger partial charge in [-0.25, -0.2) is 4.98 Å². The van der Waals surface area contributed by atoms with Crippen molar-refractivity contribution in [3.8, 4) is 5.75 Å². The molecule has 4 N–H and O–H groups in total. The molecule has 0 atom stereocenters. The van der Waals surface area contributed by atoms with Crippen LogP contribution in [0.15, 0.2) is 23.6 Å². The quantitative estimate of drug-likeness (QED) is 0.723. The first-order chi connectivity index (χ1) is 11.0. The first kappa shape index (κ1) is 19.9. The first-order valence-electron chi connectivity index (χ1n) is 6.95. The van der Waals surface area contributed by atoms with E-state index in [9.17, 15) is 9.59 Å². The van der Waals surface area contributed by atoms with E-state index in [1.54, 1.807) is 23.6 Å². The van der Waals surface area contributed by atoms with Crippen molar-refractivity contribution in [3.05, 3.63) is 34.3 Å². The number of nitrogens with two attached hydrogens (primary N) is 1. The maximum atomic E-state index is 12.2. The van der Waals surface area contributed by atoms with Gasteiger partial charge in [0, 0.05) is 30.5 Å². The molecule has 2 rings (SSSR count). The number of hydrogen-bond acceptors (Lipinski definition) is 6. The SMILES string of the molecule is COc1cc(NC(=O)c2csc(CCN)n2)ccc1NC(C)=O.Cl. The van der Waals surface area contributed by atoms with Gasteiger partial charge in [-0.15, -0.1) is 23.7 Å². The summed E-state index contributed by atoms with van der Waals surface area (Å²) in [5.74, 6) is -0.0473. The highest BCUT2D eigenvalue weighted by atomic mass is 35.5. The van der Waals surface area contributed by atoms with E-state index in [4.69, 9.17) is 10.5 Å². The van der Waals surface area contributed by atoms with Gasteiger partial charge >= 0.3 is 0 Å². The summed E-state index contributed by atoms with van der Waals surface area (Å²) in [7, 11) is 1.49. The number of aromatic nitrogens is 1. The molecule has 7 nitrogen and oxygen atoms in total. The number of anilines is 2. The van der Waals surface area contributed by atoms with Crippen LogP contribution in [0.1, 0.15) is 22.4 Å². The van der Waals surface area contributed by atoms with Crippen LogP contribution in [-0.2, 0) is 11.2 Å². The van der Waals surface area contributed by atoms with Gasteiger partial charge in [0.2, 0.25) is 5.91 Å². The molecule has 0 aliphatic carbocycles. The molecule has 1 aromatic carbocycles. The molecular weight excluding hydrogens is 352 g/mol. The van der Waals surface area contributed by atoms with Gasteiger partial charge in [0.05, 0.1) is 17.8 Å². The molecular formula is C15H19ClN4O3S. The number of halogens is 1. The van der Waals surface area contributed by atoms with Gasteiger partial charge in [0.1, 0.15) is 11.4 Å². The average molecular weight is 371 g/mol. The summed E-state index contributed by atoms with van der Waals surface area (Å²) in [5, 5.41) is 7.93. The van der Waals surface area contributed by atoms with Crippen molar-refractivity contribution in [2.24, 2.45) is 5.73 Å². The second-order valence-electron chi connectivity index (χ2n) is 4.72. The van der Waals surface area contributed by atoms with Crippen molar-refractivity contribution in [1.29, 1.82) is 0 Å². The van der Waals surface area contributed by atoms with E-state index in [1.807, 2.05) is 0 Å². The Bertz CT molecular complexity index is 720. The smallest absolute Gasteiger partial charge is 0.275 e. The molecule has 1 aromatic heterocycles. The van der Waals surface area contributed by atoms with Gasteiger partial charge in [0.15, 0.2) is 0 Å². The standard InChI is InChI=1S/C15H18N4O3S.ClH/c1-9(20)17-11-4-3-10(7-13(11)22-2)18-15(21)12-8-23-14(19-12)5-6-16;/h3-4,7-8H,5-6,16H2,1-2H3,(H,17,20)(H,18,21);1H. The van der Waals surface area contributed by atoms with Crippen LogP contribution < -0.4 is 21.1 Å². The second-order valence-corrected chi connectivity index (χ2v) is 5.66. The first-order valence-corrected chi connectivity index (χ1v) is 7.83. The Morgan fingerprint density at radius 2 is 2.08 bits per heavy atom. The normalized spacial score (nSPS) is 9.79. The number of carbonyl (C=O) groups is 2. The molecule has 0 radical (unpaired) electrons. The molecule has 9 heteroatoms. The van der Waals surface area contributed by atoms with E-state index in [2.05, 4.69) is 15.6 Å². The Kier molecular flexibility index (Phi) is 7.63. The highest BCUT2D eigenvalue weighted by Gasteiger charge is 2.12. The summed E-state index contributed by atoms with van der Waals surface area (Å²) in [6.45, 7) is 1.91. The third kappa shape index (κ3) is 5.19. The molecule has 0 aliphatic heterocycles. The number of ether oxygens (including phenoxy) is 1. The summed E-state index contributed by atoms with van der Waals surface area (Å²) in [5.41, 5.74) is 6.91. The number of nitrogens with zero attached hydrogens (tertiary/aromatic N) is 1. The number of benzene rings is 1. The molecule has 0 fully saturated rings. The molecule has 0 saturated heterocycles. The lowest BCUT2D eigenvalue weighted by molar-refractivity contribution is -0.114. The van der Waals surface area contributed by atoms with E-state index in [0.29, 0.717) is 35.8 Å². The van der Waals surface area contributed by atoms with Crippen LogP contribution in [0.2, 0.25) is 0 Å². The molecule has 130 valence electrons. The van der Waals surface area contributed by atoms with Crippen LogP contribution in [-0.4, -0.2) is 30.5 Å². The molecule has 0 spiro atoms. The zero-order valence-corrected chi connectivity index (χ0v) is 14.9. The fourth-order valence-electron chi connectivity index (χ4n) is 1.91. The van der Waals surface area contributed by atoms with E-state index < -0.39 is 0 Å². The molecule has 1 heterocycles. The van der Waals surface area contributed by atoms with Gasteiger partial charge in [-0.2, -0.15) is 0 Å². The highest BCUT2D eigenvalue weighted by Crippen LogP contribution is 2.28. The van der Waals surface area contributed by atoms with Gasteiger partial charge in [-0.05, 0) is 18.7 Å². The summed E-state index contributed by atoms with van der Waals surface area (Å²) >= 11 is 1.41. The van der Waals surface area contributed by atoms with Crippen LogP contribution in [0.25, 0.3) is 0 Å². The lowest BCUT2D eigenvalue weighted by atomic mass is 10.2. The lowest BCUT2D eigenvalue weighted by Crippen LogP contribution is -2.13. The zero-order chi connectivity index (χ0) is 16.8.